The number of benzene rings is 1. The summed E-state index contributed by atoms with van der Waals surface area (Å²) >= 11 is 3.45. The molecular formula is C17H16BrN3O. The molecule has 5 heteroatoms. The molecule has 1 N–H and O–H groups in total. The summed E-state index contributed by atoms with van der Waals surface area (Å²) in [7, 11) is 0. The molecule has 0 fully saturated rings. The van der Waals surface area contributed by atoms with Crippen molar-refractivity contribution in [2.75, 3.05) is 5.32 Å². The molecule has 0 bridgehead atoms. The third kappa shape index (κ3) is 3.04. The molecule has 4 nitrogen and oxygen atoms in total. The Balaban J connectivity index is 1.88. The van der Waals surface area contributed by atoms with Crippen LogP contribution in [0.5, 0.6) is 0 Å². The van der Waals surface area contributed by atoms with E-state index in [0.717, 1.165) is 27.0 Å². The molecule has 0 saturated heterocycles. The third-order valence-corrected chi connectivity index (χ3v) is 4.00. The fraction of sp³-hybridized carbons (Fsp3) is 0.176. The Bertz CT molecular complexity index is 902. The lowest BCUT2D eigenvalue weighted by Crippen LogP contribution is -2.17. The first-order valence-electron chi connectivity index (χ1n) is 7.02. The van der Waals surface area contributed by atoms with Gasteiger partial charge < -0.3 is 5.32 Å². The Morgan fingerprint density at radius 1 is 1.18 bits per heavy atom. The highest BCUT2D eigenvalue weighted by Gasteiger charge is 2.04. The average molecular weight is 358 g/mol. The molecule has 0 atom stereocenters. The van der Waals surface area contributed by atoms with E-state index in [2.05, 4.69) is 26.2 Å². The molecule has 0 unspecified atom stereocenters. The molecule has 0 amide bonds. The second-order valence-electron chi connectivity index (χ2n) is 5.33. The highest BCUT2D eigenvalue weighted by molar-refractivity contribution is 9.10. The summed E-state index contributed by atoms with van der Waals surface area (Å²) in [5.74, 6) is 0. The van der Waals surface area contributed by atoms with Crippen LogP contribution in [-0.4, -0.2) is 9.38 Å². The number of hydrogen-bond donors (Lipinski definition) is 1. The number of pyridine rings is 1. The van der Waals surface area contributed by atoms with Crippen LogP contribution in [0.15, 0.2) is 51.9 Å². The topological polar surface area (TPSA) is 46.4 Å². The fourth-order valence-corrected chi connectivity index (χ4v) is 2.84. The molecule has 1 aromatic carbocycles. The lowest BCUT2D eigenvalue weighted by atomic mass is 10.2. The summed E-state index contributed by atoms with van der Waals surface area (Å²) in [6.07, 6.45) is 1.81. The summed E-state index contributed by atoms with van der Waals surface area (Å²) in [5.41, 5.74) is 4.56. The Kier molecular flexibility index (Phi) is 3.98. The van der Waals surface area contributed by atoms with Gasteiger partial charge in [0, 0.05) is 22.4 Å². The standard InChI is InChI=1S/C17H16BrN3O/c1-11-3-6-16-20-14(8-17(22)21(16)10-11)9-19-15-5-4-13(18)7-12(15)2/h3-8,10,19H,9H2,1-2H3. The molecule has 0 radical (unpaired) electrons. The lowest BCUT2D eigenvalue weighted by molar-refractivity contribution is 0.964. The van der Waals surface area contributed by atoms with Gasteiger partial charge in [-0.2, -0.15) is 0 Å². The van der Waals surface area contributed by atoms with Gasteiger partial charge in [0.2, 0.25) is 0 Å². The summed E-state index contributed by atoms with van der Waals surface area (Å²) in [5, 5.41) is 3.33. The van der Waals surface area contributed by atoms with Gasteiger partial charge in [-0.3, -0.25) is 9.20 Å². The monoisotopic (exact) mass is 357 g/mol. The van der Waals surface area contributed by atoms with Crippen LogP contribution >= 0.6 is 15.9 Å². The predicted molar refractivity (Wildman–Crippen MR) is 92.4 cm³/mol. The molecule has 2 heterocycles. The lowest BCUT2D eigenvalue weighted by Gasteiger charge is -2.10. The number of hydrogen-bond acceptors (Lipinski definition) is 3. The van der Waals surface area contributed by atoms with Crippen LogP contribution in [0, 0.1) is 13.8 Å². The minimum absolute atomic E-state index is 0.0574. The van der Waals surface area contributed by atoms with Crippen LogP contribution in [0.2, 0.25) is 0 Å². The Labute approximate surface area is 137 Å². The Hall–Kier alpha value is -2.14. The minimum atomic E-state index is -0.0574. The van der Waals surface area contributed by atoms with E-state index < -0.39 is 0 Å². The molecule has 0 aliphatic heterocycles. The van der Waals surface area contributed by atoms with Crippen molar-refractivity contribution < 1.29 is 0 Å². The summed E-state index contributed by atoms with van der Waals surface area (Å²) in [4.78, 5) is 16.7. The largest absolute Gasteiger partial charge is 0.379 e. The van der Waals surface area contributed by atoms with Crippen molar-refractivity contribution >= 4 is 27.3 Å². The number of anilines is 1. The molecule has 0 aliphatic carbocycles. The van der Waals surface area contributed by atoms with E-state index in [1.165, 1.54) is 0 Å². The first-order valence-corrected chi connectivity index (χ1v) is 7.81. The number of fused-ring (bicyclic) bond motifs is 1. The van der Waals surface area contributed by atoms with E-state index in [9.17, 15) is 4.79 Å². The van der Waals surface area contributed by atoms with Gasteiger partial charge >= 0.3 is 0 Å². The molecule has 22 heavy (non-hydrogen) atoms. The SMILES string of the molecule is Cc1ccc2nc(CNc3ccc(Br)cc3C)cc(=O)n2c1. The van der Waals surface area contributed by atoms with Gasteiger partial charge in [0.25, 0.3) is 5.56 Å². The summed E-state index contributed by atoms with van der Waals surface area (Å²) in [6.45, 7) is 4.51. The normalized spacial score (nSPS) is 10.9. The first kappa shape index (κ1) is 14.8. The smallest absolute Gasteiger partial charge is 0.258 e. The van der Waals surface area contributed by atoms with Gasteiger partial charge in [0.15, 0.2) is 0 Å². The fourth-order valence-electron chi connectivity index (χ4n) is 2.36. The Morgan fingerprint density at radius 2 is 2.00 bits per heavy atom. The van der Waals surface area contributed by atoms with Crippen molar-refractivity contribution in [1.82, 2.24) is 9.38 Å². The Morgan fingerprint density at radius 3 is 2.77 bits per heavy atom. The highest BCUT2D eigenvalue weighted by atomic mass is 79.9. The number of nitrogens with one attached hydrogen (secondary N) is 1. The van der Waals surface area contributed by atoms with Gasteiger partial charge in [-0.25, -0.2) is 4.98 Å². The van der Waals surface area contributed by atoms with Crippen molar-refractivity contribution in [2.45, 2.75) is 20.4 Å². The highest BCUT2D eigenvalue weighted by Crippen LogP contribution is 2.20. The molecule has 0 aliphatic rings. The van der Waals surface area contributed by atoms with Crippen molar-refractivity contribution in [2.24, 2.45) is 0 Å². The van der Waals surface area contributed by atoms with Crippen LogP contribution in [0.1, 0.15) is 16.8 Å². The molecule has 0 spiro atoms. The van der Waals surface area contributed by atoms with Gasteiger partial charge in [-0.1, -0.05) is 22.0 Å². The van der Waals surface area contributed by atoms with Gasteiger partial charge in [-0.15, -0.1) is 0 Å². The van der Waals surface area contributed by atoms with Crippen molar-refractivity contribution in [3.05, 3.63) is 74.2 Å². The summed E-state index contributed by atoms with van der Waals surface area (Å²) < 4.78 is 2.62. The molecule has 3 aromatic rings. The van der Waals surface area contributed by atoms with Crippen LogP contribution in [0.25, 0.3) is 5.65 Å². The van der Waals surface area contributed by atoms with Crippen LogP contribution in [-0.2, 0) is 6.54 Å². The number of rotatable bonds is 3. The van der Waals surface area contributed by atoms with Crippen LogP contribution < -0.4 is 10.9 Å². The van der Waals surface area contributed by atoms with Gasteiger partial charge in [0.05, 0.1) is 12.2 Å². The van der Waals surface area contributed by atoms with Gasteiger partial charge in [-0.05, 0) is 49.2 Å². The van der Waals surface area contributed by atoms with E-state index in [0.29, 0.717) is 12.2 Å². The van der Waals surface area contributed by atoms with E-state index >= 15 is 0 Å². The number of aryl methyl sites for hydroxylation is 2. The predicted octanol–water partition coefficient (Wildman–Crippen LogP) is 3.69. The second kappa shape index (κ2) is 5.93. The van der Waals surface area contributed by atoms with E-state index in [4.69, 9.17) is 0 Å². The van der Waals surface area contributed by atoms with Crippen molar-refractivity contribution in [1.29, 1.82) is 0 Å². The summed E-state index contributed by atoms with van der Waals surface area (Å²) in [6, 6.07) is 11.4. The zero-order valence-corrected chi connectivity index (χ0v) is 14.0. The minimum Gasteiger partial charge on any atom is -0.379 e. The van der Waals surface area contributed by atoms with E-state index in [1.807, 2.05) is 44.2 Å². The maximum Gasteiger partial charge on any atom is 0.258 e. The third-order valence-electron chi connectivity index (χ3n) is 3.51. The molecule has 112 valence electrons. The molecule has 2 aromatic heterocycles. The first-order chi connectivity index (χ1) is 10.5. The number of aromatic nitrogens is 2. The van der Waals surface area contributed by atoms with Crippen molar-refractivity contribution in [3.63, 3.8) is 0 Å². The average Bonchev–Trinajstić information content (AvgIpc) is 2.47. The van der Waals surface area contributed by atoms with Crippen LogP contribution in [0.4, 0.5) is 5.69 Å². The quantitative estimate of drug-likeness (QED) is 0.777. The zero-order chi connectivity index (χ0) is 15.7. The van der Waals surface area contributed by atoms with E-state index in [1.54, 1.807) is 16.7 Å². The zero-order valence-electron chi connectivity index (χ0n) is 12.4. The maximum absolute atomic E-state index is 12.2. The number of halogens is 1. The number of nitrogens with zero attached hydrogens (tertiary/aromatic N) is 2. The second-order valence-corrected chi connectivity index (χ2v) is 6.25. The maximum atomic E-state index is 12.2. The van der Waals surface area contributed by atoms with E-state index in [-0.39, 0.29) is 5.56 Å². The molecule has 0 saturated carbocycles. The van der Waals surface area contributed by atoms with Crippen molar-refractivity contribution in [3.8, 4) is 0 Å². The van der Waals surface area contributed by atoms with Crippen LogP contribution in [0.3, 0.4) is 0 Å². The van der Waals surface area contributed by atoms with Gasteiger partial charge in [0.1, 0.15) is 5.65 Å². The molecular weight excluding hydrogens is 342 g/mol. The molecule has 3 rings (SSSR count).